The lowest BCUT2D eigenvalue weighted by molar-refractivity contribution is 0.0951. The molecule has 0 spiro atoms. The molecular formula is C10H10ClN5O. The number of rotatable bonds is 4. The van der Waals surface area contributed by atoms with Gasteiger partial charge in [-0.15, -0.1) is 5.10 Å². The summed E-state index contributed by atoms with van der Waals surface area (Å²) in [5.74, 6) is -0.186. The van der Waals surface area contributed by atoms with Crippen LogP contribution in [0.5, 0.6) is 0 Å². The zero-order chi connectivity index (χ0) is 12.1. The number of halogens is 1. The Bertz CT molecular complexity index is 482. The van der Waals surface area contributed by atoms with Gasteiger partial charge in [-0.3, -0.25) is 9.48 Å². The average Bonchev–Trinajstić information content (AvgIpc) is 2.83. The summed E-state index contributed by atoms with van der Waals surface area (Å²) in [5, 5.41) is 10.6. The predicted molar refractivity (Wildman–Crippen MR) is 61.6 cm³/mol. The van der Waals surface area contributed by atoms with Gasteiger partial charge in [0.1, 0.15) is 5.15 Å². The summed E-state index contributed by atoms with van der Waals surface area (Å²) >= 11 is 5.63. The Balaban J connectivity index is 1.83. The molecule has 0 fully saturated rings. The smallest absolute Gasteiger partial charge is 0.252 e. The highest BCUT2D eigenvalue weighted by atomic mass is 35.5. The van der Waals surface area contributed by atoms with Crippen molar-refractivity contribution in [2.24, 2.45) is 0 Å². The molecule has 2 aromatic heterocycles. The maximum absolute atomic E-state index is 11.6. The quantitative estimate of drug-likeness (QED) is 0.814. The molecule has 17 heavy (non-hydrogen) atoms. The number of hydrogen-bond acceptors (Lipinski definition) is 4. The third-order valence-electron chi connectivity index (χ3n) is 2.09. The van der Waals surface area contributed by atoms with Crippen molar-refractivity contribution in [2.45, 2.75) is 6.54 Å². The van der Waals surface area contributed by atoms with Crippen molar-refractivity contribution < 1.29 is 4.79 Å². The van der Waals surface area contributed by atoms with Crippen LogP contribution in [0.15, 0.2) is 30.7 Å². The van der Waals surface area contributed by atoms with Gasteiger partial charge < -0.3 is 5.32 Å². The fourth-order valence-corrected chi connectivity index (χ4v) is 1.36. The second-order valence-corrected chi connectivity index (χ2v) is 3.68. The van der Waals surface area contributed by atoms with Gasteiger partial charge in [0.25, 0.3) is 5.91 Å². The second-order valence-electron chi connectivity index (χ2n) is 3.29. The van der Waals surface area contributed by atoms with Gasteiger partial charge >= 0.3 is 0 Å². The van der Waals surface area contributed by atoms with Crippen molar-refractivity contribution in [2.75, 3.05) is 6.54 Å². The molecule has 0 bridgehead atoms. The molecule has 0 aliphatic heterocycles. The number of pyridine rings is 1. The SMILES string of the molecule is O=C(NCCn1ccnn1)c1ccc(Cl)nc1. The molecule has 2 rings (SSSR count). The summed E-state index contributed by atoms with van der Waals surface area (Å²) in [6.07, 6.45) is 4.76. The maximum atomic E-state index is 11.6. The van der Waals surface area contributed by atoms with E-state index in [2.05, 4.69) is 20.6 Å². The molecule has 0 atom stereocenters. The Morgan fingerprint density at radius 1 is 1.47 bits per heavy atom. The van der Waals surface area contributed by atoms with E-state index in [9.17, 15) is 4.79 Å². The van der Waals surface area contributed by atoms with Crippen molar-refractivity contribution >= 4 is 17.5 Å². The molecule has 6 nitrogen and oxygen atoms in total. The van der Waals surface area contributed by atoms with Gasteiger partial charge in [-0.2, -0.15) is 0 Å². The largest absolute Gasteiger partial charge is 0.350 e. The Morgan fingerprint density at radius 3 is 3.00 bits per heavy atom. The van der Waals surface area contributed by atoms with Gasteiger partial charge in [-0.25, -0.2) is 4.98 Å². The van der Waals surface area contributed by atoms with E-state index in [4.69, 9.17) is 11.6 Å². The maximum Gasteiger partial charge on any atom is 0.252 e. The first-order valence-electron chi connectivity index (χ1n) is 4.99. The molecule has 0 saturated heterocycles. The highest BCUT2D eigenvalue weighted by molar-refractivity contribution is 6.29. The standard InChI is InChI=1S/C10H10ClN5O/c11-9-2-1-8(7-13-9)10(17)12-3-5-16-6-4-14-15-16/h1-2,4,6-7H,3,5H2,(H,12,17). The van der Waals surface area contributed by atoms with Crippen LogP contribution in [0.1, 0.15) is 10.4 Å². The minimum Gasteiger partial charge on any atom is -0.350 e. The molecule has 88 valence electrons. The van der Waals surface area contributed by atoms with Crippen molar-refractivity contribution in [3.8, 4) is 0 Å². The van der Waals surface area contributed by atoms with Gasteiger partial charge in [-0.1, -0.05) is 16.8 Å². The third kappa shape index (κ3) is 3.25. The van der Waals surface area contributed by atoms with Crippen LogP contribution in [0, 0.1) is 0 Å². The molecular weight excluding hydrogens is 242 g/mol. The number of nitrogens with zero attached hydrogens (tertiary/aromatic N) is 4. The second kappa shape index (κ2) is 5.40. The fraction of sp³-hybridized carbons (Fsp3) is 0.200. The minimum absolute atomic E-state index is 0.186. The number of amides is 1. The molecule has 0 aromatic carbocycles. The molecule has 0 unspecified atom stereocenters. The zero-order valence-electron chi connectivity index (χ0n) is 8.88. The van der Waals surface area contributed by atoms with Crippen LogP contribution in [0.2, 0.25) is 5.15 Å². The number of carbonyl (C=O) groups is 1. The van der Waals surface area contributed by atoms with E-state index in [1.807, 2.05) is 0 Å². The topological polar surface area (TPSA) is 72.7 Å². The van der Waals surface area contributed by atoms with Crippen molar-refractivity contribution in [1.82, 2.24) is 25.3 Å². The summed E-state index contributed by atoms with van der Waals surface area (Å²) in [7, 11) is 0. The van der Waals surface area contributed by atoms with Gasteiger partial charge in [-0.05, 0) is 12.1 Å². The normalized spacial score (nSPS) is 10.2. The third-order valence-corrected chi connectivity index (χ3v) is 2.31. The van der Waals surface area contributed by atoms with E-state index in [1.54, 1.807) is 29.2 Å². The van der Waals surface area contributed by atoms with Crippen LogP contribution in [0.4, 0.5) is 0 Å². The van der Waals surface area contributed by atoms with Crippen molar-refractivity contribution in [3.63, 3.8) is 0 Å². The minimum atomic E-state index is -0.186. The van der Waals surface area contributed by atoms with Gasteiger partial charge in [0.05, 0.1) is 18.3 Å². The molecule has 1 N–H and O–H groups in total. The fourth-order valence-electron chi connectivity index (χ4n) is 1.25. The molecule has 1 amide bonds. The molecule has 2 aromatic rings. The number of nitrogens with one attached hydrogen (secondary N) is 1. The van der Waals surface area contributed by atoms with Crippen molar-refractivity contribution in [1.29, 1.82) is 0 Å². The Kier molecular flexibility index (Phi) is 3.66. The first-order chi connectivity index (χ1) is 8.25. The Labute approximate surface area is 103 Å². The lowest BCUT2D eigenvalue weighted by Crippen LogP contribution is -2.27. The lowest BCUT2D eigenvalue weighted by atomic mass is 10.3. The monoisotopic (exact) mass is 251 g/mol. The van der Waals surface area contributed by atoms with Gasteiger partial charge in [0.15, 0.2) is 0 Å². The van der Waals surface area contributed by atoms with Crippen LogP contribution < -0.4 is 5.32 Å². The van der Waals surface area contributed by atoms with Crippen LogP contribution >= 0.6 is 11.6 Å². The summed E-state index contributed by atoms with van der Waals surface area (Å²) in [6.45, 7) is 1.05. The molecule has 2 heterocycles. The first kappa shape index (κ1) is 11.5. The van der Waals surface area contributed by atoms with E-state index in [-0.39, 0.29) is 5.91 Å². The molecule has 7 heteroatoms. The zero-order valence-corrected chi connectivity index (χ0v) is 9.63. The number of aromatic nitrogens is 4. The average molecular weight is 252 g/mol. The molecule has 0 saturated carbocycles. The number of carbonyl (C=O) groups excluding carboxylic acids is 1. The summed E-state index contributed by atoms with van der Waals surface area (Å²) in [4.78, 5) is 15.5. The van der Waals surface area contributed by atoms with E-state index in [0.717, 1.165) is 0 Å². The first-order valence-corrected chi connectivity index (χ1v) is 5.37. The van der Waals surface area contributed by atoms with Gasteiger partial charge in [0.2, 0.25) is 0 Å². The van der Waals surface area contributed by atoms with E-state index < -0.39 is 0 Å². The summed E-state index contributed by atoms with van der Waals surface area (Å²) in [5.41, 5.74) is 0.480. The van der Waals surface area contributed by atoms with Crippen molar-refractivity contribution in [3.05, 3.63) is 41.4 Å². The Hall–Kier alpha value is -1.95. The van der Waals surface area contributed by atoms with Crippen LogP contribution in [-0.2, 0) is 6.54 Å². The lowest BCUT2D eigenvalue weighted by Gasteiger charge is -2.04. The van der Waals surface area contributed by atoms with E-state index >= 15 is 0 Å². The van der Waals surface area contributed by atoms with Crippen LogP contribution in [-0.4, -0.2) is 32.4 Å². The highest BCUT2D eigenvalue weighted by Crippen LogP contribution is 2.04. The Morgan fingerprint density at radius 2 is 2.35 bits per heavy atom. The number of hydrogen-bond donors (Lipinski definition) is 1. The summed E-state index contributed by atoms with van der Waals surface area (Å²) in [6, 6.07) is 3.20. The highest BCUT2D eigenvalue weighted by Gasteiger charge is 2.04. The van der Waals surface area contributed by atoms with Gasteiger partial charge in [0, 0.05) is 18.9 Å². The van der Waals surface area contributed by atoms with Crippen LogP contribution in [0.25, 0.3) is 0 Å². The van der Waals surface area contributed by atoms with E-state index in [0.29, 0.717) is 23.8 Å². The van der Waals surface area contributed by atoms with Crippen LogP contribution in [0.3, 0.4) is 0 Å². The molecule has 0 aliphatic carbocycles. The predicted octanol–water partition coefficient (Wildman–Crippen LogP) is 0.756. The summed E-state index contributed by atoms with van der Waals surface area (Å²) < 4.78 is 1.64. The van der Waals surface area contributed by atoms with E-state index in [1.165, 1.54) is 6.20 Å². The molecule has 0 radical (unpaired) electrons. The molecule has 0 aliphatic rings.